The van der Waals surface area contributed by atoms with Gasteiger partial charge < -0.3 is 15.8 Å². The van der Waals surface area contributed by atoms with Crippen molar-refractivity contribution in [3.63, 3.8) is 0 Å². The molecule has 4 nitrogen and oxygen atoms in total. The van der Waals surface area contributed by atoms with Crippen LogP contribution >= 0.6 is 0 Å². The van der Waals surface area contributed by atoms with E-state index in [1.807, 2.05) is 6.92 Å². The smallest absolute Gasteiger partial charge is 0.188 e. The summed E-state index contributed by atoms with van der Waals surface area (Å²) in [4.78, 5) is 4.28. The number of guanidine groups is 1. The molecule has 1 rings (SSSR count). The Labute approximate surface area is 98.6 Å². The fraction of sp³-hybridized carbons (Fsp3) is 0.917. The number of nitrogens with one attached hydrogen (secondary N) is 1. The van der Waals surface area contributed by atoms with Crippen molar-refractivity contribution in [1.29, 1.82) is 0 Å². The summed E-state index contributed by atoms with van der Waals surface area (Å²) in [5, 5.41) is 3.31. The predicted molar refractivity (Wildman–Crippen MR) is 67.6 cm³/mol. The molecule has 0 saturated heterocycles. The molecule has 4 heteroatoms. The Morgan fingerprint density at radius 3 is 2.56 bits per heavy atom. The van der Waals surface area contributed by atoms with E-state index in [9.17, 15) is 0 Å². The van der Waals surface area contributed by atoms with E-state index in [1.54, 1.807) is 7.11 Å². The molecule has 0 spiro atoms. The van der Waals surface area contributed by atoms with Crippen LogP contribution in [0.5, 0.6) is 0 Å². The van der Waals surface area contributed by atoms with Crippen LogP contribution in [0.1, 0.15) is 45.4 Å². The van der Waals surface area contributed by atoms with Crippen LogP contribution in [0.2, 0.25) is 0 Å². The Morgan fingerprint density at radius 2 is 2.00 bits per heavy atom. The summed E-state index contributed by atoms with van der Waals surface area (Å²) in [7, 11) is 1.69. The third-order valence-electron chi connectivity index (χ3n) is 3.13. The molecule has 0 aromatic rings. The van der Waals surface area contributed by atoms with E-state index in [4.69, 9.17) is 10.5 Å². The highest BCUT2D eigenvalue weighted by Crippen LogP contribution is 2.16. The lowest BCUT2D eigenvalue weighted by molar-refractivity contribution is 0.125. The molecule has 0 heterocycles. The number of rotatable bonds is 4. The second-order valence-electron chi connectivity index (χ2n) is 4.61. The van der Waals surface area contributed by atoms with Crippen molar-refractivity contribution in [3.8, 4) is 0 Å². The monoisotopic (exact) mass is 227 g/mol. The van der Waals surface area contributed by atoms with E-state index in [0.717, 1.165) is 0 Å². The fourth-order valence-corrected chi connectivity index (χ4v) is 1.98. The van der Waals surface area contributed by atoms with Gasteiger partial charge in [-0.1, -0.05) is 25.7 Å². The molecule has 0 radical (unpaired) electrons. The molecule has 1 aliphatic carbocycles. The lowest BCUT2D eigenvalue weighted by Crippen LogP contribution is -2.40. The minimum absolute atomic E-state index is 0.134. The zero-order chi connectivity index (χ0) is 11.8. The molecule has 0 bridgehead atoms. The van der Waals surface area contributed by atoms with Gasteiger partial charge in [-0.15, -0.1) is 0 Å². The Kier molecular flexibility index (Phi) is 6.23. The number of nitrogens with zero attached hydrogens (tertiary/aromatic N) is 1. The van der Waals surface area contributed by atoms with E-state index < -0.39 is 0 Å². The first-order valence-electron chi connectivity index (χ1n) is 6.31. The lowest BCUT2D eigenvalue weighted by Gasteiger charge is -2.17. The number of hydrogen-bond donors (Lipinski definition) is 2. The van der Waals surface area contributed by atoms with Gasteiger partial charge in [-0.3, -0.25) is 4.99 Å². The van der Waals surface area contributed by atoms with E-state index >= 15 is 0 Å². The van der Waals surface area contributed by atoms with Crippen LogP contribution in [0.15, 0.2) is 4.99 Å². The average molecular weight is 227 g/mol. The normalized spacial score (nSPS) is 21.5. The van der Waals surface area contributed by atoms with Crippen LogP contribution in [-0.2, 0) is 4.74 Å². The van der Waals surface area contributed by atoms with Gasteiger partial charge in [0.15, 0.2) is 5.96 Å². The van der Waals surface area contributed by atoms with Gasteiger partial charge in [-0.25, -0.2) is 0 Å². The summed E-state index contributed by atoms with van der Waals surface area (Å²) < 4.78 is 5.12. The molecule has 94 valence electrons. The van der Waals surface area contributed by atoms with Gasteiger partial charge in [-0.2, -0.15) is 0 Å². The SMILES string of the molecule is CO[C@@H](C)CN=C(N)NC1CCCCCC1. The number of ether oxygens (including phenoxy) is 1. The van der Waals surface area contributed by atoms with Gasteiger partial charge in [0.25, 0.3) is 0 Å². The number of nitrogens with two attached hydrogens (primary N) is 1. The first-order valence-corrected chi connectivity index (χ1v) is 6.31. The topological polar surface area (TPSA) is 59.6 Å². The van der Waals surface area contributed by atoms with Crippen molar-refractivity contribution in [2.45, 2.75) is 57.6 Å². The summed E-state index contributed by atoms with van der Waals surface area (Å²) >= 11 is 0. The van der Waals surface area contributed by atoms with Crippen LogP contribution < -0.4 is 11.1 Å². The van der Waals surface area contributed by atoms with Gasteiger partial charge in [0, 0.05) is 13.2 Å². The maximum Gasteiger partial charge on any atom is 0.188 e. The van der Waals surface area contributed by atoms with Gasteiger partial charge in [0.05, 0.1) is 12.6 Å². The Hall–Kier alpha value is -0.770. The van der Waals surface area contributed by atoms with Crippen molar-refractivity contribution in [3.05, 3.63) is 0 Å². The summed E-state index contributed by atoms with van der Waals surface area (Å²) in [6.07, 6.45) is 7.89. The van der Waals surface area contributed by atoms with E-state index in [-0.39, 0.29) is 6.10 Å². The molecular formula is C12H25N3O. The molecule has 0 unspecified atom stereocenters. The average Bonchev–Trinajstić information content (AvgIpc) is 2.54. The molecule has 3 N–H and O–H groups in total. The molecule has 0 aromatic heterocycles. The molecule has 1 saturated carbocycles. The molecular weight excluding hydrogens is 202 g/mol. The highest BCUT2D eigenvalue weighted by atomic mass is 16.5. The maximum atomic E-state index is 5.84. The van der Waals surface area contributed by atoms with E-state index in [2.05, 4.69) is 10.3 Å². The molecule has 0 amide bonds. The summed E-state index contributed by atoms with van der Waals surface area (Å²) in [5.41, 5.74) is 5.84. The van der Waals surface area contributed by atoms with Crippen molar-refractivity contribution in [2.24, 2.45) is 10.7 Å². The summed E-state index contributed by atoms with van der Waals surface area (Å²) in [6.45, 7) is 2.62. The molecule has 0 aliphatic heterocycles. The zero-order valence-corrected chi connectivity index (χ0v) is 10.5. The van der Waals surface area contributed by atoms with Gasteiger partial charge in [0.2, 0.25) is 0 Å². The lowest BCUT2D eigenvalue weighted by atomic mass is 10.1. The zero-order valence-electron chi connectivity index (χ0n) is 10.5. The molecule has 1 aliphatic rings. The molecule has 0 aromatic carbocycles. The van der Waals surface area contributed by atoms with E-state index in [1.165, 1.54) is 38.5 Å². The third-order valence-corrected chi connectivity index (χ3v) is 3.13. The van der Waals surface area contributed by atoms with Gasteiger partial charge in [0.1, 0.15) is 0 Å². The second kappa shape index (κ2) is 7.49. The number of methoxy groups -OCH3 is 1. The molecule has 1 fully saturated rings. The van der Waals surface area contributed by atoms with Gasteiger partial charge >= 0.3 is 0 Å². The first-order chi connectivity index (χ1) is 7.72. The molecule has 1 atom stereocenters. The van der Waals surface area contributed by atoms with Gasteiger partial charge in [-0.05, 0) is 19.8 Å². The van der Waals surface area contributed by atoms with Crippen molar-refractivity contribution < 1.29 is 4.74 Å². The highest BCUT2D eigenvalue weighted by Gasteiger charge is 2.12. The largest absolute Gasteiger partial charge is 0.380 e. The first kappa shape index (κ1) is 13.3. The minimum Gasteiger partial charge on any atom is -0.380 e. The molecule has 16 heavy (non-hydrogen) atoms. The maximum absolute atomic E-state index is 5.84. The fourth-order valence-electron chi connectivity index (χ4n) is 1.98. The van der Waals surface area contributed by atoms with Crippen molar-refractivity contribution >= 4 is 5.96 Å². The van der Waals surface area contributed by atoms with E-state index in [0.29, 0.717) is 18.5 Å². The summed E-state index contributed by atoms with van der Waals surface area (Å²) in [5.74, 6) is 0.566. The van der Waals surface area contributed by atoms with Crippen molar-refractivity contribution in [2.75, 3.05) is 13.7 Å². The van der Waals surface area contributed by atoms with Crippen LogP contribution in [0.3, 0.4) is 0 Å². The third kappa shape index (κ3) is 5.35. The summed E-state index contributed by atoms with van der Waals surface area (Å²) in [6, 6.07) is 0.518. The number of hydrogen-bond acceptors (Lipinski definition) is 2. The highest BCUT2D eigenvalue weighted by molar-refractivity contribution is 5.78. The quantitative estimate of drug-likeness (QED) is 0.436. The Balaban J connectivity index is 2.28. The van der Waals surface area contributed by atoms with Crippen LogP contribution in [0, 0.1) is 0 Å². The predicted octanol–water partition coefficient (Wildman–Crippen LogP) is 1.65. The van der Waals surface area contributed by atoms with Crippen molar-refractivity contribution in [1.82, 2.24) is 5.32 Å². The second-order valence-corrected chi connectivity index (χ2v) is 4.61. The number of aliphatic imine (C=N–C) groups is 1. The van der Waals surface area contributed by atoms with Crippen LogP contribution in [0.25, 0.3) is 0 Å². The Morgan fingerprint density at radius 1 is 1.38 bits per heavy atom. The van der Waals surface area contributed by atoms with Crippen LogP contribution in [-0.4, -0.2) is 31.8 Å². The van der Waals surface area contributed by atoms with Crippen LogP contribution in [0.4, 0.5) is 0 Å². The standard InChI is InChI=1S/C12H25N3O/c1-10(16-2)9-14-12(13)15-11-7-5-3-4-6-8-11/h10-11H,3-9H2,1-2H3,(H3,13,14,15)/t10-/m0/s1. The Bertz CT molecular complexity index is 210. The minimum atomic E-state index is 0.134.